The van der Waals surface area contributed by atoms with Gasteiger partial charge >= 0.3 is 30.1 Å². The fraction of sp³-hybridized carbons (Fsp3) is 0.477. The number of carbonyl (C=O) groups excluding carboxylic acids is 11. The monoisotopic (exact) mass is 2830 g/mol. The van der Waals surface area contributed by atoms with E-state index in [0.29, 0.717) is 82.2 Å². The van der Waals surface area contributed by atoms with Crippen molar-refractivity contribution in [3.8, 4) is 0 Å². The average molecular weight is 2830 g/mol. The molecule has 6 aromatic rings. The van der Waals surface area contributed by atoms with E-state index in [9.17, 15) is 62.9 Å². The maximum atomic E-state index is 14.6. The van der Waals surface area contributed by atoms with Crippen LogP contribution in [0.3, 0.4) is 0 Å². The van der Waals surface area contributed by atoms with Crippen LogP contribution >= 0.6 is 181 Å². The number of nitrogens with zero attached hydrogens (tertiary/aromatic N) is 3. The Bertz CT molecular complexity index is 5330. The van der Waals surface area contributed by atoms with Crippen molar-refractivity contribution in [1.29, 1.82) is 21.6 Å². The molecule has 0 spiro atoms. The topological polar surface area (TPSA) is 643 Å². The third-order valence-electron chi connectivity index (χ3n) is 18.5. The van der Waals surface area contributed by atoms with Crippen LogP contribution in [0.5, 0.6) is 0 Å². The molecular weight excluding hydrogens is 2710 g/mol. The number of alkyl carbamates (subject to hydrolysis) is 4. The minimum Gasteiger partial charge on any atom is -0.444 e. The van der Waals surface area contributed by atoms with Crippen molar-refractivity contribution in [2.45, 2.75) is 181 Å². The lowest BCUT2D eigenvalue weighted by Gasteiger charge is -2.21. The number of nitro groups is 1. The van der Waals surface area contributed by atoms with E-state index < -0.39 is 105 Å². The molecule has 45 nitrogen and oxygen atoms in total. The third kappa shape index (κ3) is 44.2. The first kappa shape index (κ1) is 119. The summed E-state index contributed by atoms with van der Waals surface area (Å²) < 4.78 is 31.1. The molecule has 0 aliphatic rings. The number of fused-ring (bicyclic) bond motifs is 1. The number of ether oxygens (including phenoxy) is 4. The molecule has 0 unspecified atom stereocenters. The predicted octanol–water partition coefficient (Wildman–Crippen LogP) is 11.9. The summed E-state index contributed by atoms with van der Waals surface area (Å²) in [5, 5.41) is 109. The smallest absolute Gasteiger partial charge is 0.414 e. The van der Waals surface area contributed by atoms with Crippen LogP contribution in [0.15, 0.2) is 65.3 Å². The second-order valence-corrected chi connectivity index (χ2v) is 44.0. The number of anilines is 5. The molecule has 53 heteroatoms. The fourth-order valence-electron chi connectivity index (χ4n) is 12.4. The molecule has 6 rings (SSSR count). The van der Waals surface area contributed by atoms with Gasteiger partial charge in [0.25, 0.3) is 23.6 Å². The quantitative estimate of drug-likeness (QED) is 0.00321. The van der Waals surface area contributed by atoms with Crippen LogP contribution in [0, 0.1) is 60.3 Å². The van der Waals surface area contributed by atoms with Crippen molar-refractivity contribution in [3.63, 3.8) is 0 Å². The van der Waals surface area contributed by atoms with Crippen LogP contribution < -0.4 is 106 Å². The third-order valence-corrected chi connectivity index (χ3v) is 25.3. The van der Waals surface area contributed by atoms with Gasteiger partial charge in [-0.3, -0.25) is 86.6 Å². The second-order valence-electron chi connectivity index (χ2n) is 34.7. The molecule has 0 radical (unpaired) electrons. The van der Waals surface area contributed by atoms with Gasteiger partial charge in [-0.25, -0.2) is 23.8 Å². The number of guanidine groups is 4. The molecule has 11 amide bonds. The van der Waals surface area contributed by atoms with Gasteiger partial charge in [0.15, 0.2) is 29.4 Å². The molecule has 1 heterocycles. The molecule has 0 bridgehead atoms. The maximum absolute atomic E-state index is 14.6. The molecule has 5 aromatic carbocycles. The summed E-state index contributed by atoms with van der Waals surface area (Å²) in [7, 11) is 0. The summed E-state index contributed by atoms with van der Waals surface area (Å²) in [6.45, 7) is 23.0. The lowest BCUT2D eigenvalue weighted by atomic mass is 10.1. The normalized spacial score (nSPS) is 11.9. The highest BCUT2D eigenvalue weighted by Crippen LogP contribution is 2.33. The Labute approximate surface area is 913 Å². The van der Waals surface area contributed by atoms with E-state index in [1.165, 1.54) is 12.1 Å². The van der Waals surface area contributed by atoms with Gasteiger partial charge in [0, 0.05) is 142 Å². The van der Waals surface area contributed by atoms with Gasteiger partial charge in [-0.1, -0.05) is 0 Å². The number of amides is 11. The van der Waals surface area contributed by atoms with Crippen molar-refractivity contribution < 1.29 is 81.2 Å². The van der Waals surface area contributed by atoms with Gasteiger partial charge in [-0.2, -0.15) is 0 Å². The summed E-state index contributed by atoms with van der Waals surface area (Å²) in [5.74, 6) is -4.76. The molecule has 24 N–H and O–H groups in total. The van der Waals surface area contributed by atoms with Gasteiger partial charge in [-0.05, 0) is 387 Å². The largest absolute Gasteiger partial charge is 0.444 e. The first-order valence-electron chi connectivity index (χ1n) is 43.6. The summed E-state index contributed by atoms with van der Waals surface area (Å²) in [6.07, 6.45) is -1.03. The zero-order valence-electron chi connectivity index (χ0n) is 78.3. The maximum Gasteiger partial charge on any atom is 0.414 e. The van der Waals surface area contributed by atoms with Crippen LogP contribution in [0.2, 0.25) is 0 Å². The lowest BCUT2D eigenvalue weighted by molar-refractivity contribution is -0.383. The van der Waals surface area contributed by atoms with E-state index in [2.05, 4.69) is 297 Å². The number of nitrogens with one attached hydrogen (secondary N) is 24. The van der Waals surface area contributed by atoms with E-state index in [4.69, 9.17) is 45.2 Å². The number of hydrogen-bond acceptors (Lipinski definition) is 29. The molecule has 760 valence electrons. The summed E-state index contributed by atoms with van der Waals surface area (Å²) in [4.78, 5) is 160. The molecular formula is C86H117I8N27O18. The highest BCUT2D eigenvalue weighted by Gasteiger charge is 2.30. The van der Waals surface area contributed by atoms with Gasteiger partial charge < -0.3 is 104 Å². The number of carbonyl (C=O) groups is 11. The van der Waals surface area contributed by atoms with Gasteiger partial charge in [0.05, 0.1) is 33.4 Å². The molecule has 1 aromatic heterocycles. The number of aromatic nitrogens is 2. The van der Waals surface area contributed by atoms with Crippen molar-refractivity contribution in [2.75, 3.05) is 112 Å². The van der Waals surface area contributed by atoms with Crippen molar-refractivity contribution >= 4 is 315 Å². The fourth-order valence-corrected chi connectivity index (χ4v) is 21.0. The number of rotatable bonds is 46. The molecule has 0 fully saturated rings. The summed E-state index contributed by atoms with van der Waals surface area (Å²) in [6, 6.07) is 12.6. The van der Waals surface area contributed by atoms with Crippen molar-refractivity contribution in [2.24, 2.45) is 0 Å². The molecule has 139 heavy (non-hydrogen) atoms. The first-order chi connectivity index (χ1) is 65.2. The number of hydrogen-bond donors (Lipinski definition) is 24. The van der Waals surface area contributed by atoms with Crippen LogP contribution in [0.1, 0.15) is 182 Å². The summed E-state index contributed by atoms with van der Waals surface area (Å²) >= 11 is 16.8. The molecule has 0 aliphatic heterocycles. The number of unbranched alkanes of at least 4 members (excludes halogenated alkanes) is 3. The van der Waals surface area contributed by atoms with Crippen LogP contribution in [0.25, 0.3) is 11.0 Å². The number of halogens is 8. The molecule has 0 saturated carbocycles. The van der Waals surface area contributed by atoms with E-state index >= 15 is 0 Å². The van der Waals surface area contributed by atoms with Gasteiger partial charge in [-0.15, -0.1) is 0 Å². The van der Waals surface area contributed by atoms with E-state index in [-0.39, 0.29) is 174 Å². The number of nitro benzene ring substituents is 1. The van der Waals surface area contributed by atoms with E-state index in [0.717, 1.165) is 12.8 Å². The van der Waals surface area contributed by atoms with Crippen LogP contribution in [0.4, 0.5) is 53.3 Å². The Hall–Kier alpha value is -9.01. The van der Waals surface area contributed by atoms with Crippen molar-refractivity contribution in [3.05, 3.63) is 122 Å². The first-order valence-corrected chi connectivity index (χ1v) is 52.3. The number of non-ortho nitro benzene ring substituents is 1. The molecule has 0 aliphatic carbocycles. The minimum atomic E-state index is -1.16. The standard InChI is InChI=1S/C86H117I8N27O18/c1-83(2,3)135-79(129)115-75(95)108-33-28-100-62-49(87)37-45(38-50(62)88)68(122)104-24-16-13-19-58(112-69(123)46-39-51(89)63(52(90)40-46)101-29-34-109-76(96)116-80(130)136-84(4,5)6)72(126)105-25-17-14-20-59(113-70(124)47-41-53(91)64(54(92)42-47)102-30-35-110-77(97)117-81(131)137-85(7,8)9)73(127)106-26-18-15-21-60(74(128)107-32-27-99-57-22-23-61(121(133)134)67-66(57)119-139-120-67)114-71(125)48-43-55(93)65(56(94)44-48)103-31-36-111-78(98)118-82(132)138-86(10,11)12/h22-23,37-44,58-60,99-103H,13-21,24-36H2,1-12H3,(H,104,122)(H,105,126)(H,106,127)(H,107,128)(H,112,123)(H,113,124)(H,114,125)(H3,95,108,115,129)(H3,96,109,116,130)(H3,97,110,117,131)(H3,98,111,118,132)/t58-,59-,60-/m0/s1. The Kier molecular flexibility index (Phi) is 49.5. The highest BCUT2D eigenvalue weighted by molar-refractivity contribution is 14.1. The zero-order chi connectivity index (χ0) is 103. The summed E-state index contributed by atoms with van der Waals surface area (Å²) in [5.41, 5.74) is 0.861. The zero-order valence-corrected chi connectivity index (χ0v) is 95.5. The van der Waals surface area contributed by atoms with Crippen LogP contribution in [-0.4, -0.2) is 230 Å². The predicted molar refractivity (Wildman–Crippen MR) is 595 cm³/mol. The SMILES string of the molecule is CC(C)(C)OC(=O)NC(=N)NCCNc1c(I)cc(C(=O)NCCCC[C@H](NC(=O)c2cc(I)c(NCCNC(=N)NC(=O)OC(C)(C)C)c(I)c2)C(=O)NCCCC[C@H](NC(=O)c2cc(I)c(NCCNC(=N)NC(=O)OC(C)(C)C)c(I)c2)C(=O)NCCCC[C@H](NC(=O)c2cc(I)c(NCCNC(=N)NC(=O)OC(C)(C)C)c(I)c2)C(=O)NCCNc2ccc([N+](=O)[O-])c3nonc23)cc1I. The van der Waals surface area contributed by atoms with Gasteiger partial charge in [0.1, 0.15) is 40.5 Å². The van der Waals surface area contributed by atoms with Crippen molar-refractivity contribution in [1.82, 2.24) is 90.1 Å². The number of benzene rings is 5. The second kappa shape index (κ2) is 57.9. The Morgan fingerprint density at radius 3 is 0.856 bits per heavy atom. The highest BCUT2D eigenvalue weighted by atomic mass is 127. The van der Waals surface area contributed by atoms with E-state index in [1.54, 1.807) is 132 Å². The molecule has 0 saturated heterocycles. The van der Waals surface area contributed by atoms with E-state index in [1.807, 2.05) is 0 Å². The lowest BCUT2D eigenvalue weighted by Crippen LogP contribution is -2.48. The average Bonchev–Trinajstić information content (AvgIpc) is 0.950. The van der Waals surface area contributed by atoms with Crippen LogP contribution in [-0.2, 0) is 33.3 Å². The molecule has 3 atom stereocenters. The van der Waals surface area contributed by atoms with Gasteiger partial charge in [0.2, 0.25) is 23.2 Å². The Balaban J connectivity index is 1.17. The Morgan fingerprint density at radius 2 is 0.583 bits per heavy atom. The Morgan fingerprint density at radius 1 is 0.338 bits per heavy atom. The minimum absolute atomic E-state index is 0.00168.